The van der Waals surface area contributed by atoms with Crippen LogP contribution < -0.4 is 15.1 Å². The monoisotopic (exact) mass is 417 g/mol. The van der Waals surface area contributed by atoms with Gasteiger partial charge in [0, 0.05) is 25.6 Å². The van der Waals surface area contributed by atoms with Gasteiger partial charge in [-0.05, 0) is 12.1 Å². The number of rotatable bonds is 7. The van der Waals surface area contributed by atoms with Gasteiger partial charge in [-0.1, -0.05) is 23.5 Å². The molecule has 2 aromatic heterocycles. The van der Waals surface area contributed by atoms with Crippen LogP contribution in [0.15, 0.2) is 29.6 Å². The Labute approximate surface area is 169 Å². The summed E-state index contributed by atoms with van der Waals surface area (Å²) in [6.45, 7) is 2.03. The molecule has 1 aromatic carbocycles. The molecule has 0 atom stereocenters. The Balaban J connectivity index is 1.52. The predicted molar refractivity (Wildman–Crippen MR) is 110 cm³/mol. The normalized spacial score (nSPS) is 13.9. The molecule has 3 aromatic rings. The lowest BCUT2D eigenvalue weighted by Crippen LogP contribution is -2.35. The van der Waals surface area contributed by atoms with Gasteiger partial charge in [0.2, 0.25) is 5.91 Å². The number of fused-ring (bicyclic) bond motifs is 1. The number of urea groups is 1. The maximum Gasteiger partial charge on any atom is 0.323 e. The number of hydrogen-bond acceptors (Lipinski definition) is 7. The predicted octanol–water partition coefficient (Wildman–Crippen LogP) is 2.50. The molecule has 0 aliphatic carbocycles. The molecule has 0 unspecified atom stereocenters. The second-order valence-electron chi connectivity index (χ2n) is 6.18. The lowest BCUT2D eigenvalue weighted by molar-refractivity contribution is -0.118. The second-order valence-corrected chi connectivity index (χ2v) is 8.03. The van der Waals surface area contributed by atoms with Crippen LogP contribution in [0, 0.1) is 0 Å². The number of carbonyl (C=O) groups is 2. The largest absolute Gasteiger partial charge is 0.383 e. The number of benzene rings is 1. The minimum atomic E-state index is -0.150. The average Bonchev–Trinajstić information content (AvgIpc) is 3.41. The van der Waals surface area contributed by atoms with Gasteiger partial charge in [0.25, 0.3) is 0 Å². The number of methoxy groups -OCH3 is 1. The van der Waals surface area contributed by atoms with Crippen LogP contribution in [0.5, 0.6) is 0 Å². The average molecular weight is 418 g/mol. The van der Waals surface area contributed by atoms with E-state index in [2.05, 4.69) is 15.3 Å². The van der Waals surface area contributed by atoms with Crippen LogP contribution in [0.4, 0.5) is 15.1 Å². The summed E-state index contributed by atoms with van der Waals surface area (Å²) in [7, 11) is 1.61. The minimum absolute atomic E-state index is 0.0983. The second kappa shape index (κ2) is 8.21. The van der Waals surface area contributed by atoms with Crippen molar-refractivity contribution in [3.8, 4) is 0 Å². The zero-order chi connectivity index (χ0) is 19.5. The molecule has 28 heavy (non-hydrogen) atoms. The molecular formula is C18H19N5O3S2. The number of amides is 3. The van der Waals surface area contributed by atoms with Crippen LogP contribution in [0.3, 0.4) is 0 Å². The first kappa shape index (κ1) is 18.8. The highest BCUT2D eigenvalue weighted by molar-refractivity contribution is 7.22. The molecule has 0 radical (unpaired) electrons. The Morgan fingerprint density at radius 2 is 2.21 bits per heavy atom. The fourth-order valence-electron chi connectivity index (χ4n) is 2.89. The molecule has 146 valence electrons. The Bertz CT molecular complexity index is 969. The van der Waals surface area contributed by atoms with Gasteiger partial charge in [-0.25, -0.2) is 14.8 Å². The van der Waals surface area contributed by atoms with Gasteiger partial charge in [0.15, 0.2) is 10.3 Å². The number of para-hydroxylation sites is 1. The summed E-state index contributed by atoms with van der Waals surface area (Å²) >= 11 is 2.85. The molecular weight excluding hydrogens is 398 g/mol. The highest BCUT2D eigenvalue weighted by atomic mass is 32.1. The third-order valence-electron chi connectivity index (χ3n) is 4.29. The summed E-state index contributed by atoms with van der Waals surface area (Å²) in [5, 5.41) is 5.84. The Morgan fingerprint density at radius 1 is 1.36 bits per heavy atom. The molecule has 1 fully saturated rings. The zero-order valence-corrected chi connectivity index (χ0v) is 16.9. The quantitative estimate of drug-likeness (QED) is 0.638. The van der Waals surface area contributed by atoms with Crippen molar-refractivity contribution >= 4 is 55.1 Å². The third kappa shape index (κ3) is 3.84. The molecule has 1 aliphatic rings. The number of aromatic nitrogens is 2. The number of thiazole rings is 2. The standard InChI is InChI=1S/C18H19N5O3S2/c1-26-9-8-22(18-21-13-4-2-3-5-14(13)28-18)15(24)10-12-11-27-17(20-12)23-7-6-19-16(23)25/h2-5,11H,6-10H2,1H3,(H,19,25). The van der Waals surface area contributed by atoms with Gasteiger partial charge in [-0.2, -0.15) is 0 Å². The Morgan fingerprint density at radius 3 is 2.96 bits per heavy atom. The highest BCUT2D eigenvalue weighted by Crippen LogP contribution is 2.29. The van der Waals surface area contributed by atoms with E-state index in [0.717, 1.165) is 10.2 Å². The summed E-state index contributed by atoms with van der Waals surface area (Å²) < 4.78 is 6.20. The van der Waals surface area contributed by atoms with Crippen molar-refractivity contribution in [1.82, 2.24) is 15.3 Å². The van der Waals surface area contributed by atoms with Gasteiger partial charge in [0.1, 0.15) is 0 Å². The van der Waals surface area contributed by atoms with E-state index in [9.17, 15) is 9.59 Å². The first-order valence-electron chi connectivity index (χ1n) is 8.80. The first-order chi connectivity index (χ1) is 13.7. The fourth-order valence-corrected chi connectivity index (χ4v) is 4.75. The van der Waals surface area contributed by atoms with Crippen LogP contribution in [0.25, 0.3) is 10.2 Å². The van der Waals surface area contributed by atoms with E-state index in [1.54, 1.807) is 16.9 Å². The van der Waals surface area contributed by atoms with Crippen molar-refractivity contribution in [3.05, 3.63) is 35.3 Å². The molecule has 0 bridgehead atoms. The number of carbonyl (C=O) groups excluding carboxylic acids is 2. The minimum Gasteiger partial charge on any atom is -0.383 e. The van der Waals surface area contributed by atoms with Crippen molar-refractivity contribution in [3.63, 3.8) is 0 Å². The fraction of sp³-hybridized carbons (Fsp3) is 0.333. The SMILES string of the molecule is COCCN(C(=O)Cc1csc(N2CCNC2=O)n1)c1nc2ccccc2s1. The lowest BCUT2D eigenvalue weighted by atomic mass is 10.3. The van der Waals surface area contributed by atoms with Crippen LogP contribution in [0.2, 0.25) is 0 Å². The molecule has 3 heterocycles. The molecule has 0 spiro atoms. The third-order valence-corrected chi connectivity index (χ3v) is 6.27. The number of anilines is 2. The summed E-state index contributed by atoms with van der Waals surface area (Å²) in [6, 6.07) is 7.66. The Hall–Kier alpha value is -2.56. The van der Waals surface area contributed by atoms with Crippen molar-refractivity contribution in [1.29, 1.82) is 0 Å². The van der Waals surface area contributed by atoms with Crippen molar-refractivity contribution in [2.75, 3.05) is 43.2 Å². The molecule has 10 heteroatoms. The van der Waals surface area contributed by atoms with Crippen LogP contribution in [-0.2, 0) is 16.0 Å². The Kier molecular flexibility index (Phi) is 5.51. The maximum atomic E-state index is 13.0. The summed E-state index contributed by atoms with van der Waals surface area (Å²) in [6.07, 6.45) is 0.144. The van der Waals surface area contributed by atoms with Crippen molar-refractivity contribution in [2.24, 2.45) is 0 Å². The van der Waals surface area contributed by atoms with E-state index < -0.39 is 0 Å². The van der Waals surface area contributed by atoms with Crippen LogP contribution in [-0.4, -0.2) is 55.3 Å². The summed E-state index contributed by atoms with van der Waals surface area (Å²) in [5.74, 6) is -0.0983. The van der Waals surface area contributed by atoms with E-state index in [0.29, 0.717) is 42.2 Å². The van der Waals surface area contributed by atoms with Gasteiger partial charge >= 0.3 is 6.03 Å². The molecule has 1 aliphatic heterocycles. The van der Waals surface area contributed by atoms with Crippen molar-refractivity contribution in [2.45, 2.75) is 6.42 Å². The number of nitrogens with one attached hydrogen (secondary N) is 1. The van der Waals surface area contributed by atoms with E-state index in [4.69, 9.17) is 4.74 Å². The lowest BCUT2D eigenvalue weighted by Gasteiger charge is -2.19. The van der Waals surface area contributed by atoms with Gasteiger partial charge < -0.3 is 10.1 Å². The maximum absolute atomic E-state index is 13.0. The van der Waals surface area contributed by atoms with Gasteiger partial charge in [0.05, 0.1) is 35.5 Å². The molecule has 8 nitrogen and oxygen atoms in total. The topological polar surface area (TPSA) is 87.7 Å². The molecule has 0 saturated carbocycles. The molecule has 1 saturated heterocycles. The first-order valence-corrected chi connectivity index (χ1v) is 10.5. The van der Waals surface area contributed by atoms with Gasteiger partial charge in [-0.15, -0.1) is 11.3 Å². The highest BCUT2D eigenvalue weighted by Gasteiger charge is 2.25. The number of nitrogens with zero attached hydrogens (tertiary/aromatic N) is 4. The number of hydrogen-bond donors (Lipinski definition) is 1. The van der Waals surface area contributed by atoms with E-state index in [-0.39, 0.29) is 18.4 Å². The molecule has 4 rings (SSSR count). The number of ether oxygens (including phenoxy) is 1. The van der Waals surface area contributed by atoms with E-state index >= 15 is 0 Å². The van der Waals surface area contributed by atoms with E-state index in [1.165, 1.54) is 22.7 Å². The summed E-state index contributed by atoms with van der Waals surface area (Å²) in [5.41, 5.74) is 1.52. The smallest absolute Gasteiger partial charge is 0.323 e. The van der Waals surface area contributed by atoms with Crippen LogP contribution in [0.1, 0.15) is 5.69 Å². The van der Waals surface area contributed by atoms with Crippen LogP contribution >= 0.6 is 22.7 Å². The summed E-state index contributed by atoms with van der Waals surface area (Å²) in [4.78, 5) is 37.1. The van der Waals surface area contributed by atoms with Gasteiger partial charge in [-0.3, -0.25) is 14.6 Å². The zero-order valence-electron chi connectivity index (χ0n) is 15.3. The molecule has 3 amide bonds. The van der Waals surface area contributed by atoms with E-state index in [1.807, 2.05) is 29.6 Å². The molecule has 1 N–H and O–H groups in total. The van der Waals surface area contributed by atoms with Crippen molar-refractivity contribution < 1.29 is 14.3 Å².